The van der Waals surface area contributed by atoms with E-state index >= 15 is 0 Å². The van der Waals surface area contributed by atoms with Crippen molar-refractivity contribution in [2.24, 2.45) is 5.41 Å². The summed E-state index contributed by atoms with van der Waals surface area (Å²) in [6.45, 7) is 14.9. The Morgan fingerprint density at radius 3 is 2.00 bits per heavy atom. The number of carbonyl (C=O) groups excluding carboxylic acids is 1. The van der Waals surface area contributed by atoms with E-state index in [4.69, 9.17) is 0 Å². The highest BCUT2D eigenvalue weighted by atomic mass is 16.1. The molecule has 0 bridgehead atoms. The molecule has 1 aliphatic rings. The van der Waals surface area contributed by atoms with E-state index in [1.165, 1.54) is 16.7 Å². The van der Waals surface area contributed by atoms with Crippen molar-refractivity contribution in [3.05, 3.63) is 34.9 Å². The molecule has 2 rings (SSSR count). The third-order valence-electron chi connectivity index (χ3n) is 6.04. The maximum Gasteiger partial charge on any atom is 0.137 e. The average Bonchev–Trinajstić information content (AvgIpc) is 2.46. The molecule has 0 aromatic heterocycles. The Balaban J connectivity index is 2.79. The number of aryl methyl sites for hydroxylation is 1. The number of rotatable bonds is 2. The Kier molecular flexibility index (Phi) is 2.97. The molecule has 1 aromatic carbocycles. The molecular formula is C18H26O. The lowest BCUT2D eigenvalue weighted by molar-refractivity contribution is -0.132. The first kappa shape index (κ1) is 14.3. The van der Waals surface area contributed by atoms with E-state index in [1.54, 1.807) is 6.92 Å². The van der Waals surface area contributed by atoms with Gasteiger partial charge in [0, 0.05) is 16.2 Å². The van der Waals surface area contributed by atoms with Gasteiger partial charge in [-0.1, -0.05) is 59.7 Å². The number of hydrogen-bond donors (Lipinski definition) is 0. The van der Waals surface area contributed by atoms with Gasteiger partial charge in [0.25, 0.3) is 0 Å². The Morgan fingerprint density at radius 1 is 1.00 bits per heavy atom. The minimum atomic E-state index is -0.352. The number of Topliss-reactive ketones (excluding diaryl/α,β-unsaturated/α-hetero) is 1. The van der Waals surface area contributed by atoms with Crippen LogP contribution in [0.5, 0.6) is 0 Å². The van der Waals surface area contributed by atoms with Crippen LogP contribution in [-0.4, -0.2) is 5.78 Å². The Labute approximate surface area is 117 Å². The Morgan fingerprint density at radius 2 is 1.53 bits per heavy atom. The average molecular weight is 258 g/mol. The van der Waals surface area contributed by atoms with Crippen LogP contribution in [0.25, 0.3) is 0 Å². The molecule has 0 saturated heterocycles. The zero-order valence-corrected chi connectivity index (χ0v) is 13.3. The van der Waals surface area contributed by atoms with Crippen LogP contribution in [0, 0.1) is 5.41 Å². The van der Waals surface area contributed by atoms with Gasteiger partial charge < -0.3 is 0 Å². The number of fused-ring (bicyclic) bond motifs is 1. The van der Waals surface area contributed by atoms with Crippen molar-refractivity contribution in [2.75, 3.05) is 0 Å². The second kappa shape index (κ2) is 3.94. The number of carbonyl (C=O) groups is 1. The van der Waals surface area contributed by atoms with Gasteiger partial charge in [0.05, 0.1) is 0 Å². The lowest BCUT2D eigenvalue weighted by atomic mass is 9.56. The van der Waals surface area contributed by atoms with Crippen LogP contribution < -0.4 is 0 Å². The molecule has 0 radical (unpaired) electrons. The molecule has 104 valence electrons. The Hall–Kier alpha value is -1.11. The topological polar surface area (TPSA) is 17.1 Å². The predicted molar refractivity (Wildman–Crippen MR) is 80.7 cm³/mol. The minimum absolute atomic E-state index is 0.121. The fourth-order valence-corrected chi connectivity index (χ4v) is 4.07. The van der Waals surface area contributed by atoms with Crippen molar-refractivity contribution in [2.45, 2.75) is 65.7 Å². The van der Waals surface area contributed by atoms with Crippen LogP contribution >= 0.6 is 0 Å². The summed E-state index contributed by atoms with van der Waals surface area (Å²) < 4.78 is 0. The fraction of sp³-hybridized carbons (Fsp3) is 0.611. The molecular weight excluding hydrogens is 232 g/mol. The summed E-state index contributed by atoms with van der Waals surface area (Å²) in [5.74, 6) is 0.289. The fourth-order valence-electron chi connectivity index (χ4n) is 4.07. The SMILES string of the molecule is CCc1ccc2c(c1)C(C)(C)C(C)(C(C)=O)C2(C)C. The molecule has 1 aromatic rings. The molecule has 0 aliphatic heterocycles. The van der Waals surface area contributed by atoms with Crippen molar-refractivity contribution in [1.29, 1.82) is 0 Å². The third kappa shape index (κ3) is 1.50. The van der Waals surface area contributed by atoms with Gasteiger partial charge in [-0.15, -0.1) is 0 Å². The second-order valence-corrected chi connectivity index (χ2v) is 7.16. The van der Waals surface area contributed by atoms with E-state index in [1.807, 2.05) is 0 Å². The number of benzene rings is 1. The molecule has 0 amide bonds. The summed E-state index contributed by atoms with van der Waals surface area (Å²) in [7, 11) is 0. The third-order valence-corrected chi connectivity index (χ3v) is 6.04. The molecule has 19 heavy (non-hydrogen) atoms. The van der Waals surface area contributed by atoms with Gasteiger partial charge in [0.1, 0.15) is 5.78 Å². The van der Waals surface area contributed by atoms with E-state index < -0.39 is 0 Å². The smallest absolute Gasteiger partial charge is 0.137 e. The molecule has 1 unspecified atom stereocenters. The van der Waals surface area contributed by atoms with Crippen molar-refractivity contribution < 1.29 is 4.79 Å². The standard InChI is InChI=1S/C18H26O/c1-8-13-9-10-14-15(11-13)17(5,6)18(7,12(2)19)16(14,3)4/h9-11H,8H2,1-7H3. The largest absolute Gasteiger partial charge is 0.299 e. The van der Waals surface area contributed by atoms with Gasteiger partial charge in [-0.25, -0.2) is 0 Å². The zero-order valence-electron chi connectivity index (χ0n) is 13.3. The lowest BCUT2D eigenvalue weighted by Crippen LogP contribution is -2.50. The molecule has 0 fully saturated rings. The normalized spacial score (nSPS) is 27.1. The molecule has 0 heterocycles. The maximum absolute atomic E-state index is 12.4. The zero-order chi connectivity index (χ0) is 14.6. The first-order valence-corrected chi connectivity index (χ1v) is 7.25. The molecule has 0 spiro atoms. The lowest BCUT2D eigenvalue weighted by Gasteiger charge is -2.45. The summed E-state index contributed by atoms with van der Waals surface area (Å²) in [4.78, 5) is 12.4. The van der Waals surface area contributed by atoms with E-state index in [2.05, 4.69) is 59.7 Å². The molecule has 1 aliphatic carbocycles. The summed E-state index contributed by atoms with van der Waals surface area (Å²) in [6, 6.07) is 6.76. The quantitative estimate of drug-likeness (QED) is 0.767. The molecule has 0 saturated carbocycles. The van der Waals surface area contributed by atoms with Crippen LogP contribution in [0.15, 0.2) is 18.2 Å². The highest BCUT2D eigenvalue weighted by Gasteiger charge is 2.62. The molecule has 1 atom stereocenters. The predicted octanol–water partition coefficient (Wildman–Crippen LogP) is 4.41. The van der Waals surface area contributed by atoms with E-state index in [0.29, 0.717) is 0 Å². The van der Waals surface area contributed by atoms with Crippen LogP contribution in [0.1, 0.15) is 65.2 Å². The van der Waals surface area contributed by atoms with Crippen molar-refractivity contribution >= 4 is 5.78 Å². The summed E-state index contributed by atoms with van der Waals surface area (Å²) in [5, 5.41) is 0. The van der Waals surface area contributed by atoms with Crippen LogP contribution in [-0.2, 0) is 22.0 Å². The van der Waals surface area contributed by atoms with Crippen LogP contribution in [0.2, 0.25) is 0 Å². The van der Waals surface area contributed by atoms with Crippen LogP contribution in [0.4, 0.5) is 0 Å². The van der Waals surface area contributed by atoms with Gasteiger partial charge in [-0.05, 0) is 30.0 Å². The first-order valence-electron chi connectivity index (χ1n) is 7.25. The van der Waals surface area contributed by atoms with Gasteiger partial charge in [-0.2, -0.15) is 0 Å². The number of ketones is 1. The van der Waals surface area contributed by atoms with Crippen molar-refractivity contribution in [3.8, 4) is 0 Å². The summed E-state index contributed by atoms with van der Waals surface area (Å²) in [6.07, 6.45) is 1.04. The second-order valence-electron chi connectivity index (χ2n) is 7.16. The molecule has 0 N–H and O–H groups in total. The van der Waals surface area contributed by atoms with E-state index in [-0.39, 0.29) is 22.0 Å². The highest BCUT2D eigenvalue weighted by Crippen LogP contribution is 2.62. The highest BCUT2D eigenvalue weighted by molar-refractivity contribution is 5.88. The minimum Gasteiger partial charge on any atom is -0.299 e. The maximum atomic E-state index is 12.4. The molecule has 1 heteroatoms. The van der Waals surface area contributed by atoms with Gasteiger partial charge in [0.15, 0.2) is 0 Å². The van der Waals surface area contributed by atoms with Gasteiger partial charge >= 0.3 is 0 Å². The van der Waals surface area contributed by atoms with E-state index in [9.17, 15) is 4.79 Å². The van der Waals surface area contributed by atoms with Gasteiger partial charge in [-0.3, -0.25) is 4.79 Å². The van der Waals surface area contributed by atoms with Crippen molar-refractivity contribution in [1.82, 2.24) is 0 Å². The van der Waals surface area contributed by atoms with Gasteiger partial charge in [0.2, 0.25) is 0 Å². The van der Waals surface area contributed by atoms with E-state index in [0.717, 1.165) is 6.42 Å². The number of hydrogen-bond acceptors (Lipinski definition) is 1. The summed E-state index contributed by atoms with van der Waals surface area (Å²) >= 11 is 0. The summed E-state index contributed by atoms with van der Waals surface area (Å²) in [5.41, 5.74) is 3.46. The molecule has 1 nitrogen and oxygen atoms in total. The first-order chi connectivity index (χ1) is 8.60. The van der Waals surface area contributed by atoms with Crippen LogP contribution in [0.3, 0.4) is 0 Å². The monoisotopic (exact) mass is 258 g/mol. The Bertz CT molecular complexity index is 537. The van der Waals surface area contributed by atoms with Crippen molar-refractivity contribution in [3.63, 3.8) is 0 Å².